The van der Waals surface area contributed by atoms with E-state index >= 15 is 0 Å². The molecule has 3 aliphatic rings. The number of aromatic nitrogens is 3. The van der Waals surface area contributed by atoms with Gasteiger partial charge in [0.05, 0.1) is 41.1 Å². The van der Waals surface area contributed by atoms with Crippen LogP contribution in [0.2, 0.25) is 5.02 Å². The Bertz CT molecular complexity index is 2210. The number of nitriles is 1. The number of carbonyl (C=O) groups is 4. The molecule has 3 N–H and O–H groups in total. The molecule has 3 fully saturated rings. The highest BCUT2D eigenvalue weighted by atomic mass is 35.5. The second kappa shape index (κ2) is 18.9. The van der Waals surface area contributed by atoms with Gasteiger partial charge in [0.15, 0.2) is 11.5 Å². The van der Waals surface area contributed by atoms with Gasteiger partial charge in [-0.2, -0.15) is 5.26 Å². The van der Waals surface area contributed by atoms with Crippen molar-refractivity contribution in [1.29, 1.82) is 5.26 Å². The van der Waals surface area contributed by atoms with Gasteiger partial charge in [0.2, 0.25) is 5.91 Å². The second-order valence-electron chi connectivity index (χ2n) is 15.3. The standard InChI is InChI=1S/C42H49ClN10O6/c1-27(2)52-14-11-33-36(52)23-29(24-37(33)53-15-12-39(54)47-42(53)57)40(55)45-13-21-58-22-20-50-16-18-51(19-17-50)38-10-9-35(48-49-38)41(56)46-30-4-7-31(8-5-30)59-32-6-3-28(26-44)34(43)25-32/h3,6,9-11,14,23-25,27,30-31H,4-5,7-8,12-13,15-22H2,1-2H3,(H,45,55)(H,46,56)(H,47,54,57). The Morgan fingerprint density at radius 1 is 0.966 bits per heavy atom. The predicted molar refractivity (Wildman–Crippen MR) is 222 cm³/mol. The first-order chi connectivity index (χ1) is 28.6. The number of imide groups is 1. The maximum atomic E-state index is 13.3. The number of hydrogen-bond acceptors (Lipinski definition) is 11. The van der Waals surface area contributed by atoms with Gasteiger partial charge in [0.25, 0.3) is 11.8 Å². The third-order valence-electron chi connectivity index (χ3n) is 11.0. The summed E-state index contributed by atoms with van der Waals surface area (Å²) < 4.78 is 14.0. The molecule has 5 amide bonds. The van der Waals surface area contributed by atoms with Crippen LogP contribution in [0.4, 0.5) is 16.3 Å². The van der Waals surface area contributed by atoms with Crippen molar-refractivity contribution < 1.29 is 28.7 Å². The monoisotopic (exact) mass is 824 g/mol. The molecule has 0 unspecified atom stereocenters. The molecule has 1 saturated carbocycles. The molecule has 0 radical (unpaired) electrons. The number of fused-ring (bicyclic) bond motifs is 1. The maximum absolute atomic E-state index is 13.3. The van der Waals surface area contributed by atoms with Crippen LogP contribution in [-0.4, -0.2) is 115 Å². The van der Waals surface area contributed by atoms with E-state index in [-0.39, 0.29) is 54.6 Å². The lowest BCUT2D eigenvalue weighted by atomic mass is 9.93. The number of halogens is 1. The number of nitrogens with zero attached hydrogens (tertiary/aromatic N) is 7. The highest BCUT2D eigenvalue weighted by molar-refractivity contribution is 6.31. The molecule has 7 rings (SSSR count). The number of urea groups is 1. The molecule has 0 bridgehead atoms. The Morgan fingerprint density at radius 3 is 2.46 bits per heavy atom. The molecule has 2 aliphatic heterocycles. The van der Waals surface area contributed by atoms with E-state index in [0.717, 1.165) is 75.1 Å². The summed E-state index contributed by atoms with van der Waals surface area (Å²) in [5, 5.41) is 27.3. The molecule has 59 heavy (non-hydrogen) atoms. The number of rotatable bonds is 14. The molecule has 4 aromatic rings. The fourth-order valence-corrected chi connectivity index (χ4v) is 7.94. The molecule has 17 heteroatoms. The van der Waals surface area contributed by atoms with E-state index in [9.17, 15) is 19.2 Å². The Labute approximate surface area is 347 Å². The topological polar surface area (TPSA) is 187 Å². The summed E-state index contributed by atoms with van der Waals surface area (Å²) >= 11 is 6.14. The van der Waals surface area contributed by atoms with Crippen molar-refractivity contribution in [3.63, 3.8) is 0 Å². The summed E-state index contributed by atoms with van der Waals surface area (Å²) in [5.74, 6) is 0.536. The van der Waals surface area contributed by atoms with Crippen molar-refractivity contribution in [3.8, 4) is 11.8 Å². The van der Waals surface area contributed by atoms with Crippen molar-refractivity contribution >= 4 is 57.8 Å². The third-order valence-corrected chi connectivity index (χ3v) is 11.3. The number of ether oxygens (including phenoxy) is 2. The van der Waals surface area contributed by atoms with Gasteiger partial charge in [-0.25, -0.2) is 4.79 Å². The lowest BCUT2D eigenvalue weighted by Gasteiger charge is -2.35. The van der Waals surface area contributed by atoms with Crippen LogP contribution in [0.15, 0.2) is 54.7 Å². The van der Waals surface area contributed by atoms with E-state index < -0.39 is 6.03 Å². The summed E-state index contributed by atoms with van der Waals surface area (Å²) in [7, 11) is 0. The minimum Gasteiger partial charge on any atom is -0.490 e. The number of nitrogens with one attached hydrogen (secondary N) is 3. The molecule has 0 atom stereocenters. The Morgan fingerprint density at radius 2 is 1.76 bits per heavy atom. The van der Waals surface area contributed by atoms with E-state index in [1.807, 2.05) is 30.5 Å². The quantitative estimate of drug-likeness (QED) is 0.150. The highest BCUT2D eigenvalue weighted by Crippen LogP contribution is 2.33. The smallest absolute Gasteiger partial charge is 0.328 e. The zero-order valence-corrected chi connectivity index (χ0v) is 34.0. The molecule has 310 valence electrons. The SMILES string of the molecule is CC(C)n1ccc2c(N3CCC(=O)NC3=O)cc(C(=O)NCCOCCN3CCN(c4ccc(C(=O)NC5CCC(Oc6ccc(C#N)c(Cl)c6)CC5)nn4)CC3)cc21. The molecular formula is C42H49ClN10O6. The van der Waals surface area contributed by atoms with E-state index in [4.69, 9.17) is 26.3 Å². The first-order valence-corrected chi connectivity index (χ1v) is 20.5. The molecule has 2 aromatic heterocycles. The summed E-state index contributed by atoms with van der Waals surface area (Å²) in [5.41, 5.74) is 2.54. The van der Waals surface area contributed by atoms with Crippen LogP contribution in [0, 0.1) is 11.3 Å². The average molecular weight is 825 g/mol. The fraction of sp³-hybridized carbons (Fsp3) is 0.452. The van der Waals surface area contributed by atoms with Gasteiger partial charge in [0.1, 0.15) is 11.8 Å². The van der Waals surface area contributed by atoms with Crippen molar-refractivity contribution in [2.24, 2.45) is 0 Å². The molecule has 16 nitrogen and oxygen atoms in total. The largest absolute Gasteiger partial charge is 0.490 e. The highest BCUT2D eigenvalue weighted by Gasteiger charge is 2.28. The first kappa shape index (κ1) is 41.4. The number of piperazine rings is 1. The maximum Gasteiger partial charge on any atom is 0.328 e. The second-order valence-corrected chi connectivity index (χ2v) is 15.7. The van der Waals surface area contributed by atoms with Gasteiger partial charge in [-0.15, -0.1) is 10.2 Å². The molecule has 2 saturated heterocycles. The van der Waals surface area contributed by atoms with E-state index in [1.54, 1.807) is 30.3 Å². The number of carbonyl (C=O) groups excluding carboxylic acids is 4. The van der Waals surface area contributed by atoms with Gasteiger partial charge < -0.3 is 29.6 Å². The Kier molecular flexibility index (Phi) is 13.2. The normalized spacial score (nSPS) is 18.8. The molecule has 1 aliphatic carbocycles. The summed E-state index contributed by atoms with van der Waals surface area (Å²) in [6.07, 6.45) is 5.27. The van der Waals surface area contributed by atoms with Crippen LogP contribution >= 0.6 is 11.6 Å². The first-order valence-electron chi connectivity index (χ1n) is 20.2. The minimum absolute atomic E-state index is 0.0140. The molecule has 0 spiro atoms. The lowest BCUT2D eigenvalue weighted by Crippen LogP contribution is -2.49. The Balaban J connectivity index is 0.797. The molecule has 2 aromatic carbocycles. The zero-order valence-electron chi connectivity index (χ0n) is 33.3. The van der Waals surface area contributed by atoms with Gasteiger partial charge in [-0.3, -0.25) is 29.5 Å². The Hall–Kier alpha value is -5.76. The van der Waals surface area contributed by atoms with Crippen molar-refractivity contribution in [2.45, 2.75) is 64.1 Å². The van der Waals surface area contributed by atoms with Gasteiger partial charge in [0, 0.05) is 87.5 Å². The average Bonchev–Trinajstić information content (AvgIpc) is 3.68. The number of amides is 5. The van der Waals surface area contributed by atoms with Crippen molar-refractivity contribution in [2.75, 3.05) is 68.8 Å². The molecular weight excluding hydrogens is 776 g/mol. The van der Waals surface area contributed by atoms with Crippen LogP contribution in [0.25, 0.3) is 10.9 Å². The van der Waals surface area contributed by atoms with Crippen LogP contribution in [0.1, 0.15) is 78.4 Å². The van der Waals surface area contributed by atoms with E-state index in [1.165, 1.54) is 4.90 Å². The van der Waals surface area contributed by atoms with Crippen molar-refractivity contribution in [3.05, 3.63) is 76.6 Å². The van der Waals surface area contributed by atoms with E-state index in [2.05, 4.69) is 54.4 Å². The summed E-state index contributed by atoms with van der Waals surface area (Å²) in [6, 6.07) is 15.8. The minimum atomic E-state index is -0.497. The summed E-state index contributed by atoms with van der Waals surface area (Å²) in [6.45, 7) is 9.44. The van der Waals surface area contributed by atoms with Gasteiger partial charge in [-0.05, 0) is 82.0 Å². The third kappa shape index (κ3) is 10.1. The van der Waals surface area contributed by atoms with Crippen molar-refractivity contribution in [1.82, 2.24) is 35.6 Å². The van der Waals surface area contributed by atoms with Crippen LogP contribution in [0.5, 0.6) is 5.75 Å². The number of hydrogen-bond donors (Lipinski definition) is 3. The van der Waals surface area contributed by atoms with Crippen LogP contribution in [-0.2, 0) is 9.53 Å². The molecule has 4 heterocycles. The summed E-state index contributed by atoms with van der Waals surface area (Å²) in [4.78, 5) is 56.7. The number of benzene rings is 2. The van der Waals surface area contributed by atoms with Gasteiger partial charge >= 0.3 is 6.03 Å². The number of anilines is 2. The lowest BCUT2D eigenvalue weighted by molar-refractivity contribution is -0.120. The predicted octanol–water partition coefficient (Wildman–Crippen LogP) is 4.67. The van der Waals surface area contributed by atoms with Gasteiger partial charge in [-0.1, -0.05) is 11.6 Å². The van der Waals surface area contributed by atoms with Crippen LogP contribution in [0.3, 0.4) is 0 Å². The van der Waals surface area contributed by atoms with E-state index in [0.29, 0.717) is 47.3 Å². The fourth-order valence-electron chi connectivity index (χ4n) is 7.73. The zero-order chi connectivity index (χ0) is 41.5. The van der Waals surface area contributed by atoms with Crippen LogP contribution < -0.4 is 30.5 Å².